The fourth-order valence-electron chi connectivity index (χ4n) is 1.93. The van der Waals surface area contributed by atoms with E-state index in [1.807, 2.05) is 19.3 Å². The van der Waals surface area contributed by atoms with E-state index >= 15 is 0 Å². The van der Waals surface area contributed by atoms with Crippen LogP contribution in [0.5, 0.6) is 0 Å². The molecule has 0 saturated carbocycles. The van der Waals surface area contributed by atoms with E-state index in [0.717, 1.165) is 15.8 Å². The third kappa shape index (κ3) is 2.48. The van der Waals surface area contributed by atoms with Crippen LogP contribution in [0.15, 0.2) is 30.6 Å². The molecule has 7 heteroatoms. The number of rotatable bonds is 3. The highest BCUT2D eigenvalue weighted by molar-refractivity contribution is 7.22. The van der Waals surface area contributed by atoms with Gasteiger partial charge in [-0.15, -0.1) is 0 Å². The summed E-state index contributed by atoms with van der Waals surface area (Å²) >= 11 is 1.37. The number of nitrogens with zero attached hydrogens (tertiary/aromatic N) is 3. The summed E-state index contributed by atoms with van der Waals surface area (Å²) in [7, 11) is 1.84. The van der Waals surface area contributed by atoms with Crippen LogP contribution < -0.4 is 11.1 Å². The highest BCUT2D eigenvalue weighted by Gasteiger charge is 2.09. The van der Waals surface area contributed by atoms with Crippen molar-refractivity contribution in [1.82, 2.24) is 20.1 Å². The summed E-state index contributed by atoms with van der Waals surface area (Å²) in [6, 6.07) is 5.36. The maximum absolute atomic E-state index is 12.1. The van der Waals surface area contributed by atoms with Gasteiger partial charge in [0.05, 0.1) is 16.4 Å². The third-order valence-electron chi connectivity index (χ3n) is 2.88. The summed E-state index contributed by atoms with van der Waals surface area (Å²) in [4.78, 5) is 16.3. The largest absolute Gasteiger partial charge is 0.375 e. The zero-order valence-electron chi connectivity index (χ0n) is 10.8. The Kier molecular flexibility index (Phi) is 3.11. The molecule has 2 heterocycles. The van der Waals surface area contributed by atoms with Crippen LogP contribution in [0.1, 0.15) is 15.9 Å². The molecule has 0 spiro atoms. The predicted molar refractivity (Wildman–Crippen MR) is 78.4 cm³/mol. The summed E-state index contributed by atoms with van der Waals surface area (Å²) in [6.45, 7) is 0.454. The molecule has 1 amide bonds. The average molecular weight is 287 g/mol. The number of nitrogens with two attached hydrogens (primary N) is 1. The highest BCUT2D eigenvalue weighted by Crippen LogP contribution is 2.24. The summed E-state index contributed by atoms with van der Waals surface area (Å²) < 4.78 is 2.62. The predicted octanol–water partition coefficient (Wildman–Crippen LogP) is 1.54. The Balaban J connectivity index is 1.74. The van der Waals surface area contributed by atoms with E-state index in [0.29, 0.717) is 17.2 Å². The second-order valence-corrected chi connectivity index (χ2v) is 5.50. The van der Waals surface area contributed by atoms with Crippen molar-refractivity contribution in [1.29, 1.82) is 0 Å². The molecule has 1 aromatic carbocycles. The minimum Gasteiger partial charge on any atom is -0.375 e. The number of benzene rings is 1. The van der Waals surface area contributed by atoms with E-state index in [1.165, 1.54) is 11.3 Å². The van der Waals surface area contributed by atoms with Gasteiger partial charge in [0.1, 0.15) is 0 Å². The maximum Gasteiger partial charge on any atom is 0.251 e. The van der Waals surface area contributed by atoms with E-state index in [-0.39, 0.29) is 5.91 Å². The van der Waals surface area contributed by atoms with Gasteiger partial charge in [0.25, 0.3) is 5.91 Å². The van der Waals surface area contributed by atoms with Crippen LogP contribution in [0, 0.1) is 0 Å². The van der Waals surface area contributed by atoms with Crippen LogP contribution in [0.2, 0.25) is 0 Å². The van der Waals surface area contributed by atoms with Crippen LogP contribution in [-0.4, -0.2) is 20.7 Å². The molecule has 0 radical (unpaired) electrons. The summed E-state index contributed by atoms with van der Waals surface area (Å²) in [5.41, 5.74) is 8.03. The first-order valence-electron chi connectivity index (χ1n) is 6.03. The van der Waals surface area contributed by atoms with E-state index in [4.69, 9.17) is 5.73 Å². The minimum absolute atomic E-state index is 0.122. The molecule has 0 aliphatic carbocycles. The average Bonchev–Trinajstić information content (AvgIpc) is 2.99. The Morgan fingerprint density at radius 1 is 1.50 bits per heavy atom. The van der Waals surface area contributed by atoms with E-state index < -0.39 is 0 Å². The first-order valence-corrected chi connectivity index (χ1v) is 6.85. The van der Waals surface area contributed by atoms with Crippen LogP contribution in [0.4, 0.5) is 5.13 Å². The number of nitrogens with one attached hydrogen (secondary N) is 1. The molecule has 3 aromatic rings. The fourth-order valence-corrected chi connectivity index (χ4v) is 2.70. The lowest BCUT2D eigenvalue weighted by Gasteiger charge is -2.03. The Hall–Kier alpha value is -2.41. The molecule has 6 nitrogen and oxygen atoms in total. The molecule has 0 fully saturated rings. The summed E-state index contributed by atoms with van der Waals surface area (Å²) in [5.74, 6) is -0.122. The number of carbonyl (C=O) groups is 1. The van der Waals surface area contributed by atoms with E-state index in [9.17, 15) is 4.79 Å². The number of carbonyl (C=O) groups excluding carboxylic acids is 1. The van der Waals surface area contributed by atoms with Gasteiger partial charge >= 0.3 is 0 Å². The Labute approximate surface area is 119 Å². The number of amides is 1. The van der Waals surface area contributed by atoms with Gasteiger partial charge in [-0.05, 0) is 18.2 Å². The van der Waals surface area contributed by atoms with Gasteiger partial charge in [-0.3, -0.25) is 9.48 Å². The van der Waals surface area contributed by atoms with Gasteiger partial charge in [-0.25, -0.2) is 4.98 Å². The normalized spacial score (nSPS) is 10.8. The molecule has 3 rings (SSSR count). The van der Waals surface area contributed by atoms with Gasteiger partial charge in [0, 0.05) is 30.9 Å². The molecule has 2 aromatic heterocycles. The first kappa shape index (κ1) is 12.6. The van der Waals surface area contributed by atoms with Crippen LogP contribution in [0.25, 0.3) is 10.2 Å². The molecule has 0 unspecified atom stereocenters. The SMILES string of the molecule is Cn1cc(CNC(=O)c2ccc3nc(N)sc3c2)cn1. The van der Waals surface area contributed by atoms with Crippen LogP contribution in [0.3, 0.4) is 0 Å². The number of anilines is 1. The van der Waals surface area contributed by atoms with Crippen molar-refractivity contribution in [3.8, 4) is 0 Å². The lowest BCUT2D eigenvalue weighted by Crippen LogP contribution is -2.22. The fraction of sp³-hybridized carbons (Fsp3) is 0.154. The number of aromatic nitrogens is 3. The zero-order valence-corrected chi connectivity index (χ0v) is 11.6. The quantitative estimate of drug-likeness (QED) is 0.765. The van der Waals surface area contributed by atoms with Crippen molar-refractivity contribution in [3.63, 3.8) is 0 Å². The molecular weight excluding hydrogens is 274 g/mol. The second-order valence-electron chi connectivity index (χ2n) is 4.44. The van der Waals surface area contributed by atoms with Gasteiger partial charge in [-0.2, -0.15) is 5.10 Å². The number of hydrogen-bond acceptors (Lipinski definition) is 5. The molecule has 0 aliphatic rings. The van der Waals surface area contributed by atoms with E-state index in [2.05, 4.69) is 15.4 Å². The number of hydrogen-bond donors (Lipinski definition) is 2. The summed E-state index contributed by atoms with van der Waals surface area (Å²) in [5, 5.41) is 7.42. The Morgan fingerprint density at radius 2 is 2.35 bits per heavy atom. The maximum atomic E-state index is 12.1. The van der Waals surface area contributed by atoms with Gasteiger partial charge in [-0.1, -0.05) is 11.3 Å². The van der Waals surface area contributed by atoms with Gasteiger partial charge < -0.3 is 11.1 Å². The lowest BCUT2D eigenvalue weighted by molar-refractivity contribution is 0.0951. The van der Waals surface area contributed by atoms with Crippen LogP contribution in [-0.2, 0) is 13.6 Å². The number of thiazole rings is 1. The van der Waals surface area contributed by atoms with Crippen molar-refractivity contribution < 1.29 is 4.79 Å². The molecule has 0 atom stereocenters. The monoisotopic (exact) mass is 287 g/mol. The highest BCUT2D eigenvalue weighted by atomic mass is 32.1. The zero-order chi connectivity index (χ0) is 14.1. The number of aryl methyl sites for hydroxylation is 1. The molecule has 3 N–H and O–H groups in total. The molecule has 0 bridgehead atoms. The first-order chi connectivity index (χ1) is 9.61. The molecule has 20 heavy (non-hydrogen) atoms. The second kappa shape index (κ2) is 4.93. The smallest absolute Gasteiger partial charge is 0.251 e. The molecular formula is C13H13N5OS. The number of fused-ring (bicyclic) bond motifs is 1. The minimum atomic E-state index is -0.122. The lowest BCUT2D eigenvalue weighted by atomic mass is 10.2. The van der Waals surface area contributed by atoms with Crippen molar-refractivity contribution in [2.24, 2.45) is 7.05 Å². The number of nitrogen functional groups attached to an aromatic ring is 1. The third-order valence-corrected chi connectivity index (χ3v) is 3.73. The Morgan fingerprint density at radius 3 is 3.10 bits per heavy atom. The Bertz CT molecular complexity index is 776. The van der Waals surface area contributed by atoms with Crippen molar-refractivity contribution >= 4 is 32.6 Å². The van der Waals surface area contributed by atoms with Gasteiger partial charge in [0.15, 0.2) is 5.13 Å². The summed E-state index contributed by atoms with van der Waals surface area (Å²) in [6.07, 6.45) is 3.60. The van der Waals surface area contributed by atoms with Crippen molar-refractivity contribution in [2.45, 2.75) is 6.54 Å². The molecule has 0 aliphatic heterocycles. The topological polar surface area (TPSA) is 85.8 Å². The van der Waals surface area contributed by atoms with Crippen molar-refractivity contribution in [3.05, 3.63) is 41.7 Å². The van der Waals surface area contributed by atoms with E-state index in [1.54, 1.807) is 23.0 Å². The van der Waals surface area contributed by atoms with Crippen LogP contribution >= 0.6 is 11.3 Å². The van der Waals surface area contributed by atoms with Gasteiger partial charge in [0.2, 0.25) is 0 Å². The molecule has 0 saturated heterocycles. The van der Waals surface area contributed by atoms with Crippen molar-refractivity contribution in [2.75, 3.05) is 5.73 Å². The molecule has 102 valence electrons. The standard InChI is InChI=1S/C13H13N5OS/c1-18-7-8(6-16-18)5-15-12(19)9-2-3-10-11(4-9)20-13(14)17-10/h2-4,6-7H,5H2,1H3,(H2,14,17)(H,15,19).